The number of amides is 1. The number of carbonyl (C=O) groups excluding carboxylic acids is 2. The molecule has 11 heteroatoms. The Balaban J connectivity index is 1.74. The molecule has 1 unspecified atom stereocenters. The van der Waals surface area contributed by atoms with Gasteiger partial charge < -0.3 is 25.0 Å². The predicted octanol–water partition coefficient (Wildman–Crippen LogP) is 5.37. The Labute approximate surface area is 261 Å². The van der Waals surface area contributed by atoms with Gasteiger partial charge in [-0.3, -0.25) is 24.5 Å². The average molecular weight is 615 g/mol. The first-order chi connectivity index (χ1) is 21.6. The van der Waals surface area contributed by atoms with Crippen LogP contribution in [0.5, 0.6) is 0 Å². The lowest BCUT2D eigenvalue weighted by Gasteiger charge is -2.29. The number of nitro benzene ring substituents is 1. The van der Waals surface area contributed by atoms with Crippen molar-refractivity contribution in [1.82, 2.24) is 9.88 Å². The molecule has 1 aromatic heterocycles. The smallest absolute Gasteiger partial charge is 0.305 e. The number of aromatic amines is 1. The summed E-state index contributed by atoms with van der Waals surface area (Å²) in [6.45, 7) is 6.04. The van der Waals surface area contributed by atoms with Gasteiger partial charge in [0, 0.05) is 61.4 Å². The van der Waals surface area contributed by atoms with Gasteiger partial charge in [0.25, 0.3) is 11.2 Å². The second-order valence-electron chi connectivity index (χ2n) is 11.0. The molecule has 0 bridgehead atoms. The SMILES string of the molecule is CCOC(=O)CCCN(Cc1cccc([N+](=O)[O-])c1)C(=O)C(Nc1ccc2cc[nH]c(=O)c2c1)c1ccc([C@@H](C)CO)c(C)c1. The summed E-state index contributed by atoms with van der Waals surface area (Å²) in [7, 11) is 0. The van der Waals surface area contributed by atoms with Gasteiger partial charge in [0.15, 0.2) is 0 Å². The molecule has 0 saturated heterocycles. The number of hydrogen-bond acceptors (Lipinski definition) is 8. The first-order valence-corrected chi connectivity index (χ1v) is 14.9. The van der Waals surface area contributed by atoms with Gasteiger partial charge in [0.05, 0.1) is 11.5 Å². The number of nitrogens with zero attached hydrogens (tertiary/aromatic N) is 2. The number of aliphatic hydroxyl groups excluding tert-OH is 1. The Morgan fingerprint density at radius 2 is 1.91 bits per heavy atom. The van der Waals surface area contributed by atoms with Crippen LogP contribution in [-0.2, 0) is 20.9 Å². The molecular formula is C34H38N4O7. The summed E-state index contributed by atoms with van der Waals surface area (Å²) >= 11 is 0. The number of nitrogens with one attached hydrogen (secondary N) is 2. The molecule has 3 N–H and O–H groups in total. The average Bonchev–Trinajstić information content (AvgIpc) is 3.03. The minimum Gasteiger partial charge on any atom is -0.466 e. The van der Waals surface area contributed by atoms with Crippen molar-refractivity contribution in [2.75, 3.05) is 25.1 Å². The van der Waals surface area contributed by atoms with Crippen LogP contribution in [0.1, 0.15) is 60.9 Å². The molecule has 1 heterocycles. The highest BCUT2D eigenvalue weighted by molar-refractivity contribution is 5.89. The molecule has 4 aromatic rings. The summed E-state index contributed by atoms with van der Waals surface area (Å²) in [6.07, 6.45) is 2.00. The number of fused-ring (bicyclic) bond motifs is 1. The molecule has 4 rings (SSSR count). The number of anilines is 1. The van der Waals surface area contributed by atoms with E-state index in [4.69, 9.17) is 4.74 Å². The van der Waals surface area contributed by atoms with Gasteiger partial charge >= 0.3 is 5.97 Å². The quantitative estimate of drug-likeness (QED) is 0.0973. The van der Waals surface area contributed by atoms with Crippen LogP contribution >= 0.6 is 0 Å². The summed E-state index contributed by atoms with van der Waals surface area (Å²) in [5, 5.41) is 25.7. The van der Waals surface area contributed by atoms with Gasteiger partial charge in [-0.05, 0) is 66.1 Å². The van der Waals surface area contributed by atoms with Crippen LogP contribution in [0.25, 0.3) is 10.8 Å². The summed E-state index contributed by atoms with van der Waals surface area (Å²) in [5.41, 5.74) is 3.26. The van der Waals surface area contributed by atoms with Crippen LogP contribution in [0, 0.1) is 17.0 Å². The Bertz CT molecular complexity index is 1740. The maximum absolute atomic E-state index is 14.5. The number of aromatic nitrogens is 1. The van der Waals surface area contributed by atoms with Crippen molar-refractivity contribution in [2.45, 2.75) is 52.1 Å². The third kappa shape index (κ3) is 8.33. The Morgan fingerprint density at radius 3 is 2.62 bits per heavy atom. The number of aryl methyl sites for hydroxylation is 1. The summed E-state index contributed by atoms with van der Waals surface area (Å²) in [4.78, 5) is 54.3. The van der Waals surface area contributed by atoms with E-state index in [2.05, 4.69) is 10.3 Å². The lowest BCUT2D eigenvalue weighted by Crippen LogP contribution is -2.38. The van der Waals surface area contributed by atoms with E-state index in [9.17, 15) is 29.6 Å². The zero-order chi connectivity index (χ0) is 32.5. The van der Waals surface area contributed by atoms with Crippen molar-refractivity contribution in [2.24, 2.45) is 0 Å². The van der Waals surface area contributed by atoms with Gasteiger partial charge in [-0.15, -0.1) is 0 Å². The fraction of sp³-hybridized carbons (Fsp3) is 0.324. The maximum atomic E-state index is 14.5. The molecule has 236 valence electrons. The third-order valence-corrected chi connectivity index (χ3v) is 7.69. The largest absolute Gasteiger partial charge is 0.466 e. The highest BCUT2D eigenvalue weighted by atomic mass is 16.6. The Morgan fingerprint density at radius 1 is 1.11 bits per heavy atom. The van der Waals surface area contributed by atoms with Gasteiger partial charge in [0.1, 0.15) is 6.04 Å². The number of non-ortho nitro benzene ring substituents is 1. The van der Waals surface area contributed by atoms with Crippen LogP contribution in [0.3, 0.4) is 0 Å². The molecule has 0 spiro atoms. The molecule has 0 radical (unpaired) electrons. The van der Waals surface area contributed by atoms with Crippen LogP contribution in [0.15, 0.2) is 77.7 Å². The molecule has 0 aliphatic heterocycles. The fourth-order valence-corrected chi connectivity index (χ4v) is 5.34. The van der Waals surface area contributed by atoms with E-state index in [1.165, 1.54) is 12.1 Å². The summed E-state index contributed by atoms with van der Waals surface area (Å²) in [5.74, 6) is -0.795. The molecule has 0 fully saturated rings. The van der Waals surface area contributed by atoms with E-state index in [1.807, 2.05) is 32.0 Å². The number of carbonyl (C=O) groups is 2. The maximum Gasteiger partial charge on any atom is 0.305 e. The number of rotatable bonds is 14. The first-order valence-electron chi connectivity index (χ1n) is 14.9. The van der Waals surface area contributed by atoms with E-state index < -0.39 is 11.0 Å². The number of aliphatic hydroxyl groups is 1. The topological polar surface area (TPSA) is 155 Å². The molecule has 1 amide bonds. The first kappa shape index (κ1) is 32.9. The van der Waals surface area contributed by atoms with Crippen LogP contribution in [0.4, 0.5) is 11.4 Å². The summed E-state index contributed by atoms with van der Waals surface area (Å²) < 4.78 is 5.06. The van der Waals surface area contributed by atoms with Gasteiger partial charge in [-0.1, -0.05) is 43.3 Å². The molecule has 0 aliphatic rings. The molecule has 45 heavy (non-hydrogen) atoms. The van der Waals surface area contributed by atoms with Gasteiger partial charge in [0.2, 0.25) is 5.91 Å². The number of ether oxygens (including phenoxy) is 1. The number of pyridine rings is 1. The lowest BCUT2D eigenvalue weighted by atomic mass is 9.93. The second kappa shape index (κ2) is 15.1. The summed E-state index contributed by atoms with van der Waals surface area (Å²) in [6, 6.07) is 17.9. The Kier molecular flexibility index (Phi) is 11.0. The fourth-order valence-electron chi connectivity index (χ4n) is 5.34. The van der Waals surface area contributed by atoms with Crippen LogP contribution in [0.2, 0.25) is 0 Å². The lowest BCUT2D eigenvalue weighted by molar-refractivity contribution is -0.384. The second-order valence-corrected chi connectivity index (χ2v) is 11.0. The van der Waals surface area contributed by atoms with Crippen LogP contribution < -0.4 is 10.9 Å². The normalized spacial score (nSPS) is 12.4. The molecule has 3 aromatic carbocycles. The number of H-pyrrole nitrogens is 1. The minimum atomic E-state index is -0.913. The van der Waals surface area contributed by atoms with Crippen molar-refractivity contribution >= 4 is 34.0 Å². The molecule has 11 nitrogen and oxygen atoms in total. The molecule has 0 aliphatic carbocycles. The standard InChI is InChI=1S/C34H38N4O7/c1-4-45-31(40)9-6-16-37(20-24-7-5-8-28(18-24)38(43)44)34(42)32(26-11-13-29(22(2)17-26)23(3)21-39)36-27-12-10-25-14-15-35-33(41)30(25)19-27/h5,7-8,10-15,17-19,23,32,36,39H,4,6,9,16,20-21H2,1-3H3,(H,35,41)/t23-,32?/m0/s1. The highest BCUT2D eigenvalue weighted by Gasteiger charge is 2.28. The van der Waals surface area contributed by atoms with Crippen molar-refractivity contribution in [3.05, 3.63) is 116 Å². The van der Waals surface area contributed by atoms with Crippen molar-refractivity contribution in [3.8, 4) is 0 Å². The van der Waals surface area contributed by atoms with Gasteiger partial charge in [-0.2, -0.15) is 0 Å². The monoisotopic (exact) mass is 614 g/mol. The van der Waals surface area contributed by atoms with E-state index in [0.29, 0.717) is 28.6 Å². The molecule has 2 atom stereocenters. The Hall–Kier alpha value is -5.03. The minimum absolute atomic E-state index is 0.0239. The van der Waals surface area contributed by atoms with E-state index >= 15 is 0 Å². The predicted molar refractivity (Wildman–Crippen MR) is 172 cm³/mol. The van der Waals surface area contributed by atoms with Crippen LogP contribution in [-0.4, -0.2) is 51.5 Å². The highest BCUT2D eigenvalue weighted by Crippen LogP contribution is 2.29. The number of hydrogen-bond donors (Lipinski definition) is 3. The van der Waals surface area contributed by atoms with Crippen molar-refractivity contribution in [1.29, 1.82) is 0 Å². The zero-order valence-electron chi connectivity index (χ0n) is 25.6. The van der Waals surface area contributed by atoms with Crippen molar-refractivity contribution < 1.29 is 24.4 Å². The van der Waals surface area contributed by atoms with E-state index in [0.717, 1.165) is 16.5 Å². The molecular weight excluding hydrogens is 576 g/mol. The number of benzene rings is 3. The third-order valence-electron chi connectivity index (χ3n) is 7.69. The van der Waals surface area contributed by atoms with E-state index in [-0.39, 0.29) is 61.8 Å². The van der Waals surface area contributed by atoms with Crippen molar-refractivity contribution in [3.63, 3.8) is 0 Å². The number of esters is 1. The van der Waals surface area contributed by atoms with E-state index in [1.54, 1.807) is 54.4 Å². The zero-order valence-corrected chi connectivity index (χ0v) is 25.6. The van der Waals surface area contributed by atoms with Gasteiger partial charge in [-0.25, -0.2) is 0 Å². The molecule has 0 saturated carbocycles. The number of nitro groups is 1.